The summed E-state index contributed by atoms with van der Waals surface area (Å²) in [6.07, 6.45) is 21.8. The maximum absolute atomic E-state index is 2.37. The maximum Gasteiger partial charge on any atom is -0.0412 e. The fraction of sp³-hybridized carbons (Fsp3) is 1.00. The Kier molecular flexibility index (Phi) is 16.4. The topological polar surface area (TPSA) is 0 Å². The van der Waals surface area contributed by atoms with E-state index < -0.39 is 0 Å². The van der Waals surface area contributed by atoms with Gasteiger partial charge in [0.05, 0.1) is 0 Å². The van der Waals surface area contributed by atoms with Crippen LogP contribution in [-0.2, 0) is 0 Å². The van der Waals surface area contributed by atoms with Gasteiger partial charge in [0, 0.05) is 0 Å². The summed E-state index contributed by atoms with van der Waals surface area (Å²) in [5.74, 6) is 2.05. The van der Waals surface area contributed by atoms with E-state index in [2.05, 4.69) is 27.7 Å². The minimum atomic E-state index is 1.02. The molecule has 0 aromatic carbocycles. The van der Waals surface area contributed by atoms with Crippen LogP contribution in [0.2, 0.25) is 0 Å². The molecule has 128 valence electrons. The third kappa shape index (κ3) is 13.4. The highest BCUT2D eigenvalue weighted by molar-refractivity contribution is 4.68. The van der Waals surface area contributed by atoms with Gasteiger partial charge in [-0.2, -0.15) is 0 Å². The molecule has 0 heteroatoms. The number of hydrogen-bond acceptors (Lipinski definition) is 0. The zero-order chi connectivity index (χ0) is 15.8. The number of hydrogen-bond donors (Lipinski definition) is 0. The lowest BCUT2D eigenvalue weighted by atomic mass is 9.82. The highest BCUT2D eigenvalue weighted by atomic mass is 14.2. The van der Waals surface area contributed by atoms with Crippen LogP contribution in [0.15, 0.2) is 0 Å². The Morgan fingerprint density at radius 1 is 0.429 bits per heavy atom. The van der Waals surface area contributed by atoms with E-state index in [9.17, 15) is 0 Å². The van der Waals surface area contributed by atoms with Gasteiger partial charge in [0.1, 0.15) is 0 Å². The quantitative estimate of drug-likeness (QED) is 0.252. The molecular formula is C21H44. The maximum atomic E-state index is 2.37. The first-order valence-corrected chi connectivity index (χ1v) is 10.3. The Labute approximate surface area is 136 Å². The molecule has 0 nitrogen and oxygen atoms in total. The summed E-state index contributed by atoms with van der Waals surface area (Å²) in [6, 6.07) is 0. The van der Waals surface area contributed by atoms with E-state index in [0.29, 0.717) is 0 Å². The number of unbranched alkanes of at least 4 members (excludes halogenated alkanes) is 6. The van der Waals surface area contributed by atoms with Crippen molar-refractivity contribution in [3.63, 3.8) is 0 Å². The SMILES string of the molecule is CCCCCCC(CCCC)CC(CCC)CCCCC. The van der Waals surface area contributed by atoms with Gasteiger partial charge in [0.25, 0.3) is 0 Å². The minimum Gasteiger partial charge on any atom is -0.0654 e. The van der Waals surface area contributed by atoms with Crippen LogP contribution in [0.25, 0.3) is 0 Å². The molecule has 2 unspecified atom stereocenters. The zero-order valence-electron chi connectivity index (χ0n) is 15.8. The van der Waals surface area contributed by atoms with E-state index in [1.807, 2.05) is 0 Å². The van der Waals surface area contributed by atoms with Gasteiger partial charge >= 0.3 is 0 Å². The van der Waals surface area contributed by atoms with Crippen molar-refractivity contribution < 1.29 is 0 Å². The normalized spacial score (nSPS) is 14.3. The van der Waals surface area contributed by atoms with Crippen molar-refractivity contribution in [2.75, 3.05) is 0 Å². The molecule has 0 amide bonds. The Bertz CT molecular complexity index is 184. The summed E-state index contributed by atoms with van der Waals surface area (Å²) in [7, 11) is 0. The Hall–Kier alpha value is 0. The lowest BCUT2D eigenvalue weighted by Crippen LogP contribution is -2.10. The molecule has 2 atom stereocenters. The molecule has 0 rings (SSSR count). The van der Waals surface area contributed by atoms with Crippen molar-refractivity contribution in [3.8, 4) is 0 Å². The monoisotopic (exact) mass is 296 g/mol. The van der Waals surface area contributed by atoms with Crippen LogP contribution in [0.3, 0.4) is 0 Å². The van der Waals surface area contributed by atoms with Crippen LogP contribution in [0.4, 0.5) is 0 Å². The van der Waals surface area contributed by atoms with Crippen molar-refractivity contribution in [1.82, 2.24) is 0 Å². The second-order valence-electron chi connectivity index (χ2n) is 7.24. The van der Waals surface area contributed by atoms with E-state index in [0.717, 1.165) is 11.8 Å². The van der Waals surface area contributed by atoms with Crippen LogP contribution in [0, 0.1) is 11.8 Å². The lowest BCUT2D eigenvalue weighted by molar-refractivity contribution is 0.289. The van der Waals surface area contributed by atoms with Crippen molar-refractivity contribution in [2.45, 2.75) is 124 Å². The smallest absolute Gasteiger partial charge is 0.0412 e. The highest BCUT2D eigenvalue weighted by Gasteiger charge is 2.15. The van der Waals surface area contributed by atoms with E-state index in [-0.39, 0.29) is 0 Å². The molecule has 21 heavy (non-hydrogen) atoms. The van der Waals surface area contributed by atoms with Gasteiger partial charge in [-0.3, -0.25) is 0 Å². The summed E-state index contributed by atoms with van der Waals surface area (Å²) in [4.78, 5) is 0. The van der Waals surface area contributed by atoms with E-state index in [1.54, 1.807) is 0 Å². The van der Waals surface area contributed by atoms with Gasteiger partial charge in [0.2, 0.25) is 0 Å². The molecule has 0 aliphatic heterocycles. The van der Waals surface area contributed by atoms with Gasteiger partial charge in [0.15, 0.2) is 0 Å². The molecule has 0 spiro atoms. The molecule has 0 fully saturated rings. The first-order valence-electron chi connectivity index (χ1n) is 10.3. The first kappa shape index (κ1) is 21.0. The fourth-order valence-electron chi connectivity index (χ4n) is 3.68. The second kappa shape index (κ2) is 16.4. The third-order valence-electron chi connectivity index (χ3n) is 5.01. The van der Waals surface area contributed by atoms with Crippen molar-refractivity contribution in [3.05, 3.63) is 0 Å². The zero-order valence-corrected chi connectivity index (χ0v) is 15.8. The van der Waals surface area contributed by atoms with Crippen LogP contribution in [0.5, 0.6) is 0 Å². The average Bonchev–Trinajstić information content (AvgIpc) is 2.49. The summed E-state index contributed by atoms with van der Waals surface area (Å²) in [5.41, 5.74) is 0. The minimum absolute atomic E-state index is 1.02. The molecule has 0 heterocycles. The lowest BCUT2D eigenvalue weighted by Gasteiger charge is -2.23. The molecule has 0 radical (unpaired) electrons. The van der Waals surface area contributed by atoms with Crippen molar-refractivity contribution in [1.29, 1.82) is 0 Å². The molecule has 0 saturated heterocycles. The van der Waals surface area contributed by atoms with Gasteiger partial charge in [-0.1, -0.05) is 118 Å². The van der Waals surface area contributed by atoms with Gasteiger partial charge < -0.3 is 0 Å². The summed E-state index contributed by atoms with van der Waals surface area (Å²) in [5, 5.41) is 0. The molecule has 0 aliphatic carbocycles. The van der Waals surface area contributed by atoms with Crippen LogP contribution in [-0.4, -0.2) is 0 Å². The summed E-state index contributed by atoms with van der Waals surface area (Å²) >= 11 is 0. The average molecular weight is 297 g/mol. The number of rotatable bonds is 16. The van der Waals surface area contributed by atoms with Crippen LogP contribution >= 0.6 is 0 Å². The fourth-order valence-corrected chi connectivity index (χ4v) is 3.68. The highest BCUT2D eigenvalue weighted by Crippen LogP contribution is 2.29. The summed E-state index contributed by atoms with van der Waals surface area (Å²) in [6.45, 7) is 9.36. The molecule has 0 N–H and O–H groups in total. The molecule has 0 saturated carbocycles. The van der Waals surface area contributed by atoms with Gasteiger partial charge in [-0.05, 0) is 18.3 Å². The Morgan fingerprint density at radius 3 is 1.48 bits per heavy atom. The largest absolute Gasteiger partial charge is 0.0654 e. The second-order valence-corrected chi connectivity index (χ2v) is 7.24. The predicted octanol–water partition coefficient (Wildman–Crippen LogP) is 8.15. The molecular weight excluding hydrogens is 252 g/mol. The predicted molar refractivity (Wildman–Crippen MR) is 98.9 cm³/mol. The van der Waals surface area contributed by atoms with E-state index in [1.165, 1.54) is 96.3 Å². The summed E-state index contributed by atoms with van der Waals surface area (Å²) < 4.78 is 0. The van der Waals surface area contributed by atoms with Gasteiger partial charge in [-0.15, -0.1) is 0 Å². The van der Waals surface area contributed by atoms with E-state index >= 15 is 0 Å². The van der Waals surface area contributed by atoms with Crippen molar-refractivity contribution in [2.24, 2.45) is 11.8 Å². The molecule has 0 aromatic heterocycles. The van der Waals surface area contributed by atoms with Gasteiger partial charge in [-0.25, -0.2) is 0 Å². The van der Waals surface area contributed by atoms with Crippen LogP contribution < -0.4 is 0 Å². The first-order chi connectivity index (χ1) is 10.3. The van der Waals surface area contributed by atoms with Crippen LogP contribution in [0.1, 0.15) is 124 Å². The molecule has 0 aromatic rings. The standard InChI is InChI=1S/C21H44/c1-5-9-12-14-18-21(16-11-7-3)19-20(15-8-4)17-13-10-6-2/h20-21H,5-19H2,1-4H3. The van der Waals surface area contributed by atoms with Crippen molar-refractivity contribution >= 4 is 0 Å². The molecule has 0 bridgehead atoms. The third-order valence-corrected chi connectivity index (χ3v) is 5.01. The molecule has 0 aliphatic rings. The Balaban J connectivity index is 4.14. The Morgan fingerprint density at radius 2 is 0.905 bits per heavy atom. The van der Waals surface area contributed by atoms with E-state index in [4.69, 9.17) is 0 Å².